The van der Waals surface area contributed by atoms with E-state index in [1.807, 2.05) is 25.1 Å². The van der Waals surface area contributed by atoms with Crippen molar-refractivity contribution >= 4 is 11.5 Å². The molecule has 0 radical (unpaired) electrons. The van der Waals surface area contributed by atoms with E-state index >= 15 is 0 Å². The molecular formula is C16H17N3. The van der Waals surface area contributed by atoms with Crippen LogP contribution in [0.2, 0.25) is 0 Å². The van der Waals surface area contributed by atoms with Crippen molar-refractivity contribution in [3.63, 3.8) is 0 Å². The molecule has 2 rings (SSSR count). The number of anilines is 2. The van der Waals surface area contributed by atoms with Crippen LogP contribution in [-0.2, 0) is 6.42 Å². The molecule has 1 aromatic heterocycles. The Morgan fingerprint density at radius 1 is 1.26 bits per heavy atom. The summed E-state index contributed by atoms with van der Waals surface area (Å²) in [5, 5.41) is 12.3. The lowest BCUT2D eigenvalue weighted by Gasteiger charge is -2.11. The van der Waals surface area contributed by atoms with Gasteiger partial charge in [0.05, 0.1) is 11.6 Å². The van der Waals surface area contributed by atoms with Gasteiger partial charge in [-0.05, 0) is 37.1 Å². The highest BCUT2D eigenvalue weighted by Gasteiger charge is 2.04. The minimum atomic E-state index is 0.628. The van der Waals surface area contributed by atoms with Crippen molar-refractivity contribution in [2.45, 2.75) is 26.7 Å². The standard InChI is InChI=1S/C16H17N3/c1-3-6-14-7-4-5-8-15(14)19-16-10-13(11-17)9-12(2)18-16/h4-5,7-10H,3,6H2,1-2H3,(H,18,19). The molecule has 0 bridgehead atoms. The highest BCUT2D eigenvalue weighted by molar-refractivity contribution is 5.61. The minimum absolute atomic E-state index is 0.628. The molecule has 0 aliphatic heterocycles. The predicted octanol–water partition coefficient (Wildman–Crippen LogP) is 3.96. The van der Waals surface area contributed by atoms with E-state index in [-0.39, 0.29) is 0 Å². The Balaban J connectivity index is 2.31. The molecule has 0 aliphatic rings. The van der Waals surface area contributed by atoms with Crippen LogP contribution in [0.1, 0.15) is 30.2 Å². The molecule has 3 heteroatoms. The summed E-state index contributed by atoms with van der Waals surface area (Å²) in [5.41, 5.74) is 3.80. The summed E-state index contributed by atoms with van der Waals surface area (Å²) in [5.74, 6) is 0.722. The Labute approximate surface area is 113 Å². The molecule has 0 amide bonds. The predicted molar refractivity (Wildman–Crippen MR) is 77.4 cm³/mol. The first kappa shape index (κ1) is 13.1. The second kappa shape index (κ2) is 6.01. The normalized spacial score (nSPS) is 9.95. The molecule has 1 heterocycles. The number of aryl methyl sites for hydroxylation is 2. The van der Waals surface area contributed by atoms with Gasteiger partial charge in [0.15, 0.2) is 0 Å². The van der Waals surface area contributed by atoms with Crippen LogP contribution in [0.5, 0.6) is 0 Å². The van der Waals surface area contributed by atoms with Crippen LogP contribution in [0.3, 0.4) is 0 Å². The van der Waals surface area contributed by atoms with Gasteiger partial charge >= 0.3 is 0 Å². The van der Waals surface area contributed by atoms with E-state index in [4.69, 9.17) is 5.26 Å². The average molecular weight is 251 g/mol. The van der Waals surface area contributed by atoms with E-state index in [0.717, 1.165) is 30.0 Å². The maximum absolute atomic E-state index is 8.99. The lowest BCUT2D eigenvalue weighted by atomic mass is 10.1. The van der Waals surface area contributed by atoms with Crippen molar-refractivity contribution in [3.8, 4) is 6.07 Å². The van der Waals surface area contributed by atoms with Crippen LogP contribution in [0.25, 0.3) is 0 Å². The number of nitrogens with zero attached hydrogens (tertiary/aromatic N) is 2. The second-order valence-electron chi connectivity index (χ2n) is 4.53. The van der Waals surface area contributed by atoms with Crippen molar-refractivity contribution < 1.29 is 0 Å². The Kier molecular flexibility index (Phi) is 4.15. The summed E-state index contributed by atoms with van der Waals surface area (Å²) in [6, 6.07) is 13.9. The van der Waals surface area contributed by atoms with Gasteiger partial charge in [0.1, 0.15) is 5.82 Å². The summed E-state index contributed by atoms with van der Waals surface area (Å²) in [7, 11) is 0. The molecule has 0 aliphatic carbocycles. The fraction of sp³-hybridized carbons (Fsp3) is 0.250. The minimum Gasteiger partial charge on any atom is -0.340 e. The van der Waals surface area contributed by atoms with E-state index in [9.17, 15) is 0 Å². The molecule has 0 saturated carbocycles. The Hall–Kier alpha value is -2.34. The van der Waals surface area contributed by atoms with Crippen molar-refractivity contribution in [1.29, 1.82) is 5.26 Å². The third kappa shape index (κ3) is 3.32. The average Bonchev–Trinajstić information content (AvgIpc) is 2.40. The molecule has 2 aromatic rings. The van der Waals surface area contributed by atoms with Gasteiger partial charge in [-0.25, -0.2) is 4.98 Å². The van der Waals surface area contributed by atoms with Gasteiger partial charge in [-0.2, -0.15) is 5.26 Å². The maximum atomic E-state index is 8.99. The monoisotopic (exact) mass is 251 g/mol. The number of aromatic nitrogens is 1. The van der Waals surface area contributed by atoms with Crippen LogP contribution in [0.15, 0.2) is 36.4 Å². The van der Waals surface area contributed by atoms with Crippen LogP contribution in [0, 0.1) is 18.3 Å². The first-order valence-corrected chi connectivity index (χ1v) is 6.46. The topological polar surface area (TPSA) is 48.7 Å². The molecule has 19 heavy (non-hydrogen) atoms. The highest BCUT2D eigenvalue weighted by atomic mass is 15.0. The van der Waals surface area contributed by atoms with Gasteiger partial charge in [-0.1, -0.05) is 31.5 Å². The first-order chi connectivity index (χ1) is 9.22. The number of nitriles is 1. The van der Waals surface area contributed by atoms with E-state index in [0.29, 0.717) is 5.56 Å². The highest BCUT2D eigenvalue weighted by Crippen LogP contribution is 2.21. The third-order valence-corrected chi connectivity index (χ3v) is 2.88. The van der Waals surface area contributed by atoms with Crippen molar-refractivity contribution in [3.05, 3.63) is 53.2 Å². The van der Waals surface area contributed by atoms with E-state index in [2.05, 4.69) is 29.4 Å². The number of rotatable bonds is 4. The van der Waals surface area contributed by atoms with Gasteiger partial charge in [-0.3, -0.25) is 0 Å². The Morgan fingerprint density at radius 2 is 2.05 bits per heavy atom. The molecule has 3 nitrogen and oxygen atoms in total. The summed E-state index contributed by atoms with van der Waals surface area (Å²) in [6.45, 7) is 4.06. The molecule has 1 N–H and O–H groups in total. The number of nitrogens with one attached hydrogen (secondary N) is 1. The molecule has 0 fully saturated rings. The number of benzene rings is 1. The van der Waals surface area contributed by atoms with Gasteiger partial charge in [0, 0.05) is 11.4 Å². The van der Waals surface area contributed by atoms with Crippen LogP contribution >= 0.6 is 0 Å². The molecule has 0 atom stereocenters. The molecule has 0 unspecified atom stereocenters. The van der Waals surface area contributed by atoms with E-state index in [1.54, 1.807) is 12.1 Å². The number of hydrogen-bond donors (Lipinski definition) is 1. The lowest BCUT2D eigenvalue weighted by Crippen LogP contribution is -1.99. The Bertz CT molecular complexity index is 612. The zero-order valence-corrected chi connectivity index (χ0v) is 11.3. The summed E-state index contributed by atoms with van der Waals surface area (Å²) in [6.07, 6.45) is 2.13. The molecule has 0 spiro atoms. The molecule has 0 saturated heterocycles. The molecule has 1 aromatic carbocycles. The van der Waals surface area contributed by atoms with Crippen LogP contribution in [-0.4, -0.2) is 4.98 Å². The van der Waals surface area contributed by atoms with E-state index < -0.39 is 0 Å². The van der Waals surface area contributed by atoms with Crippen molar-refractivity contribution in [2.24, 2.45) is 0 Å². The fourth-order valence-electron chi connectivity index (χ4n) is 2.06. The van der Waals surface area contributed by atoms with Gasteiger partial charge in [0.2, 0.25) is 0 Å². The van der Waals surface area contributed by atoms with E-state index in [1.165, 1.54) is 5.56 Å². The zero-order valence-electron chi connectivity index (χ0n) is 11.3. The SMILES string of the molecule is CCCc1ccccc1Nc1cc(C#N)cc(C)n1. The van der Waals surface area contributed by atoms with Crippen molar-refractivity contribution in [2.75, 3.05) is 5.32 Å². The quantitative estimate of drug-likeness (QED) is 0.894. The van der Waals surface area contributed by atoms with Crippen LogP contribution in [0.4, 0.5) is 11.5 Å². The molecule has 96 valence electrons. The Morgan fingerprint density at radius 3 is 2.79 bits per heavy atom. The lowest BCUT2D eigenvalue weighted by molar-refractivity contribution is 0.923. The van der Waals surface area contributed by atoms with Gasteiger partial charge < -0.3 is 5.32 Å². The number of pyridine rings is 1. The number of para-hydroxylation sites is 1. The zero-order chi connectivity index (χ0) is 13.7. The maximum Gasteiger partial charge on any atom is 0.131 e. The van der Waals surface area contributed by atoms with Crippen LogP contribution < -0.4 is 5.32 Å². The summed E-state index contributed by atoms with van der Waals surface area (Å²) >= 11 is 0. The summed E-state index contributed by atoms with van der Waals surface area (Å²) < 4.78 is 0. The summed E-state index contributed by atoms with van der Waals surface area (Å²) in [4.78, 5) is 4.42. The smallest absolute Gasteiger partial charge is 0.131 e. The first-order valence-electron chi connectivity index (χ1n) is 6.46. The second-order valence-corrected chi connectivity index (χ2v) is 4.53. The van der Waals surface area contributed by atoms with Crippen molar-refractivity contribution in [1.82, 2.24) is 4.98 Å². The molecular weight excluding hydrogens is 234 g/mol. The van der Waals surface area contributed by atoms with Gasteiger partial charge in [-0.15, -0.1) is 0 Å². The number of hydrogen-bond acceptors (Lipinski definition) is 3. The largest absolute Gasteiger partial charge is 0.340 e. The van der Waals surface area contributed by atoms with Gasteiger partial charge in [0.25, 0.3) is 0 Å². The fourth-order valence-corrected chi connectivity index (χ4v) is 2.06. The third-order valence-electron chi connectivity index (χ3n) is 2.88.